The number of aromatic nitrogens is 1. The molecule has 0 radical (unpaired) electrons. The summed E-state index contributed by atoms with van der Waals surface area (Å²) in [5.74, 6) is -0.347. The number of hydrogen-bond donors (Lipinski definition) is 2. The molecule has 0 spiro atoms. The van der Waals surface area contributed by atoms with Crippen LogP contribution in [-0.4, -0.2) is 62.2 Å². The van der Waals surface area contributed by atoms with Crippen LogP contribution < -0.4 is 10.6 Å². The summed E-state index contributed by atoms with van der Waals surface area (Å²) in [4.78, 5) is 18.0. The van der Waals surface area contributed by atoms with Gasteiger partial charge in [-0.3, -0.25) is 9.88 Å². The molecule has 6 heteroatoms. The van der Waals surface area contributed by atoms with Crippen LogP contribution >= 0.6 is 0 Å². The van der Waals surface area contributed by atoms with Crippen molar-refractivity contribution in [1.82, 2.24) is 20.5 Å². The highest BCUT2D eigenvalue weighted by atomic mass is 16.5. The van der Waals surface area contributed by atoms with Gasteiger partial charge in [0, 0.05) is 52.0 Å². The molecule has 0 aliphatic carbocycles. The van der Waals surface area contributed by atoms with E-state index in [9.17, 15) is 4.79 Å². The first kappa shape index (κ1) is 14.9. The number of hydrogen-bond acceptors (Lipinski definition) is 6. The molecular weight excluding hydrogens is 256 g/mol. The highest BCUT2D eigenvalue weighted by Gasteiger charge is 2.10. The van der Waals surface area contributed by atoms with E-state index in [0.717, 1.165) is 51.5 Å². The summed E-state index contributed by atoms with van der Waals surface area (Å²) in [5, 5.41) is 6.78. The minimum absolute atomic E-state index is 0.347. The van der Waals surface area contributed by atoms with E-state index in [1.165, 1.54) is 7.11 Å². The van der Waals surface area contributed by atoms with Gasteiger partial charge in [0.15, 0.2) is 0 Å². The Hall–Kier alpha value is -1.50. The van der Waals surface area contributed by atoms with Crippen LogP contribution in [0.4, 0.5) is 0 Å². The van der Waals surface area contributed by atoms with Gasteiger partial charge in [0.1, 0.15) is 0 Å². The van der Waals surface area contributed by atoms with E-state index in [1.807, 2.05) is 6.07 Å². The molecule has 20 heavy (non-hydrogen) atoms. The monoisotopic (exact) mass is 278 g/mol. The molecule has 1 aromatic heterocycles. The highest BCUT2D eigenvalue weighted by molar-refractivity contribution is 5.88. The van der Waals surface area contributed by atoms with Gasteiger partial charge in [0.2, 0.25) is 0 Å². The molecule has 1 aliphatic heterocycles. The molecule has 0 atom stereocenters. The quantitative estimate of drug-likeness (QED) is 0.751. The highest BCUT2D eigenvalue weighted by Crippen LogP contribution is 2.05. The van der Waals surface area contributed by atoms with Gasteiger partial charge < -0.3 is 15.4 Å². The third-order valence-electron chi connectivity index (χ3n) is 3.32. The van der Waals surface area contributed by atoms with Gasteiger partial charge >= 0.3 is 5.97 Å². The van der Waals surface area contributed by atoms with Crippen LogP contribution in [0.5, 0.6) is 0 Å². The SMILES string of the molecule is COC(=O)c1ccc(CN2CCNCCNCC2)nc1. The van der Waals surface area contributed by atoms with Crippen molar-refractivity contribution in [2.24, 2.45) is 0 Å². The lowest BCUT2D eigenvalue weighted by atomic mass is 10.2. The summed E-state index contributed by atoms with van der Waals surface area (Å²) in [7, 11) is 1.37. The predicted molar refractivity (Wildman–Crippen MR) is 76.6 cm³/mol. The average molecular weight is 278 g/mol. The molecule has 0 aromatic carbocycles. The number of nitrogens with zero attached hydrogens (tertiary/aromatic N) is 2. The van der Waals surface area contributed by atoms with Crippen molar-refractivity contribution in [3.05, 3.63) is 29.6 Å². The molecule has 0 saturated carbocycles. The van der Waals surface area contributed by atoms with Crippen molar-refractivity contribution < 1.29 is 9.53 Å². The number of carbonyl (C=O) groups excluding carboxylic acids is 1. The van der Waals surface area contributed by atoms with Gasteiger partial charge in [0.25, 0.3) is 0 Å². The van der Waals surface area contributed by atoms with Gasteiger partial charge in [-0.15, -0.1) is 0 Å². The Kier molecular flexibility index (Phi) is 5.91. The summed E-state index contributed by atoms with van der Waals surface area (Å²) in [6.07, 6.45) is 1.58. The molecule has 1 aromatic rings. The zero-order chi connectivity index (χ0) is 14.2. The lowest BCUT2D eigenvalue weighted by Crippen LogP contribution is -2.33. The van der Waals surface area contributed by atoms with E-state index in [1.54, 1.807) is 12.3 Å². The first-order chi connectivity index (χ1) is 9.79. The number of pyridine rings is 1. The minimum Gasteiger partial charge on any atom is -0.465 e. The number of methoxy groups -OCH3 is 1. The molecule has 6 nitrogen and oxygen atoms in total. The molecule has 0 amide bonds. The van der Waals surface area contributed by atoms with Crippen molar-refractivity contribution in [2.75, 3.05) is 46.4 Å². The van der Waals surface area contributed by atoms with Crippen LogP contribution in [0.15, 0.2) is 18.3 Å². The van der Waals surface area contributed by atoms with E-state index < -0.39 is 0 Å². The Morgan fingerprint density at radius 1 is 1.25 bits per heavy atom. The fourth-order valence-corrected chi connectivity index (χ4v) is 2.16. The van der Waals surface area contributed by atoms with Crippen molar-refractivity contribution in [3.63, 3.8) is 0 Å². The average Bonchev–Trinajstić information content (AvgIpc) is 2.61. The van der Waals surface area contributed by atoms with E-state index in [4.69, 9.17) is 0 Å². The third-order valence-corrected chi connectivity index (χ3v) is 3.32. The summed E-state index contributed by atoms with van der Waals surface area (Å²) in [6.45, 7) is 6.80. The van der Waals surface area contributed by atoms with Crippen LogP contribution in [0.1, 0.15) is 16.1 Å². The molecule has 110 valence electrons. The van der Waals surface area contributed by atoms with Gasteiger partial charge in [-0.05, 0) is 12.1 Å². The molecule has 2 N–H and O–H groups in total. The van der Waals surface area contributed by atoms with Crippen LogP contribution in [0.2, 0.25) is 0 Å². The number of carbonyl (C=O) groups is 1. The molecule has 1 aliphatic rings. The fraction of sp³-hybridized carbons (Fsp3) is 0.571. The summed E-state index contributed by atoms with van der Waals surface area (Å²) in [5.41, 5.74) is 1.46. The van der Waals surface area contributed by atoms with Crippen molar-refractivity contribution in [1.29, 1.82) is 0 Å². The Morgan fingerprint density at radius 3 is 2.50 bits per heavy atom. The molecule has 0 unspecified atom stereocenters. The largest absolute Gasteiger partial charge is 0.465 e. The zero-order valence-corrected chi connectivity index (χ0v) is 11.9. The maximum Gasteiger partial charge on any atom is 0.339 e. The third kappa shape index (κ3) is 4.56. The molecular formula is C14H22N4O2. The number of rotatable bonds is 3. The lowest BCUT2D eigenvalue weighted by molar-refractivity contribution is 0.0600. The Balaban J connectivity index is 1.92. The lowest BCUT2D eigenvalue weighted by Gasteiger charge is -2.21. The minimum atomic E-state index is -0.347. The second-order valence-corrected chi connectivity index (χ2v) is 4.81. The second-order valence-electron chi connectivity index (χ2n) is 4.81. The predicted octanol–water partition coefficient (Wildman–Crippen LogP) is -0.137. The summed E-state index contributed by atoms with van der Waals surface area (Å²) >= 11 is 0. The number of nitrogens with one attached hydrogen (secondary N) is 2. The van der Waals surface area contributed by atoms with Crippen LogP contribution in [0.25, 0.3) is 0 Å². The second kappa shape index (κ2) is 7.94. The molecule has 1 fully saturated rings. The molecule has 1 saturated heterocycles. The van der Waals surface area contributed by atoms with Crippen LogP contribution in [0.3, 0.4) is 0 Å². The fourth-order valence-electron chi connectivity index (χ4n) is 2.16. The standard InChI is InChI=1S/C14H22N4O2/c1-20-14(19)12-2-3-13(17-10-12)11-18-8-6-15-4-5-16-7-9-18/h2-3,10,15-16H,4-9,11H2,1H3. The first-order valence-corrected chi connectivity index (χ1v) is 6.96. The van der Waals surface area contributed by atoms with Crippen molar-refractivity contribution in [3.8, 4) is 0 Å². The number of ether oxygens (including phenoxy) is 1. The Morgan fingerprint density at radius 2 is 1.95 bits per heavy atom. The van der Waals surface area contributed by atoms with Crippen molar-refractivity contribution >= 4 is 5.97 Å². The maximum absolute atomic E-state index is 11.3. The maximum atomic E-state index is 11.3. The molecule has 2 rings (SSSR count). The van der Waals surface area contributed by atoms with E-state index in [0.29, 0.717) is 5.56 Å². The van der Waals surface area contributed by atoms with Crippen molar-refractivity contribution in [2.45, 2.75) is 6.54 Å². The van der Waals surface area contributed by atoms with E-state index in [-0.39, 0.29) is 5.97 Å². The normalized spacial score (nSPS) is 17.9. The van der Waals surface area contributed by atoms with E-state index >= 15 is 0 Å². The molecule has 2 heterocycles. The summed E-state index contributed by atoms with van der Waals surface area (Å²) < 4.78 is 4.66. The van der Waals surface area contributed by atoms with Crippen LogP contribution in [-0.2, 0) is 11.3 Å². The van der Waals surface area contributed by atoms with Gasteiger partial charge in [-0.25, -0.2) is 4.79 Å². The summed E-state index contributed by atoms with van der Waals surface area (Å²) in [6, 6.07) is 3.65. The Labute approximate surface area is 119 Å². The number of esters is 1. The Bertz CT molecular complexity index is 412. The topological polar surface area (TPSA) is 66.5 Å². The zero-order valence-electron chi connectivity index (χ0n) is 11.9. The molecule has 0 bridgehead atoms. The van der Waals surface area contributed by atoms with Gasteiger partial charge in [0.05, 0.1) is 18.4 Å². The smallest absolute Gasteiger partial charge is 0.339 e. The van der Waals surface area contributed by atoms with E-state index in [2.05, 4.69) is 25.3 Å². The first-order valence-electron chi connectivity index (χ1n) is 6.96. The van der Waals surface area contributed by atoms with Gasteiger partial charge in [-0.1, -0.05) is 0 Å². The van der Waals surface area contributed by atoms with Crippen LogP contribution in [0, 0.1) is 0 Å². The van der Waals surface area contributed by atoms with Gasteiger partial charge in [-0.2, -0.15) is 0 Å².